The molecular formula is C13H16F2N2O2. The molecule has 6 heteroatoms. The lowest BCUT2D eigenvalue weighted by Crippen LogP contribution is -2.35. The number of aliphatic hydroxyl groups is 1. The molecule has 19 heavy (non-hydrogen) atoms. The molecule has 1 aromatic carbocycles. The van der Waals surface area contributed by atoms with E-state index in [9.17, 15) is 13.6 Å². The zero-order valence-electron chi connectivity index (χ0n) is 10.4. The molecule has 0 fully saturated rings. The van der Waals surface area contributed by atoms with E-state index < -0.39 is 23.2 Å². The van der Waals surface area contributed by atoms with Gasteiger partial charge in [0.15, 0.2) is 0 Å². The Kier molecular flexibility index (Phi) is 6.11. The van der Waals surface area contributed by atoms with Crippen LogP contribution in [0.4, 0.5) is 14.5 Å². The van der Waals surface area contributed by atoms with Gasteiger partial charge in [0.2, 0.25) is 5.91 Å². The van der Waals surface area contributed by atoms with E-state index >= 15 is 0 Å². The summed E-state index contributed by atoms with van der Waals surface area (Å²) in [6, 6.07) is 3.35. The van der Waals surface area contributed by atoms with E-state index in [1.807, 2.05) is 0 Å². The molecule has 2 N–H and O–H groups in total. The van der Waals surface area contributed by atoms with Crippen LogP contribution in [0.25, 0.3) is 0 Å². The molecule has 1 amide bonds. The van der Waals surface area contributed by atoms with E-state index in [0.717, 1.165) is 12.1 Å². The molecule has 0 aliphatic heterocycles. The van der Waals surface area contributed by atoms with Gasteiger partial charge in [0.1, 0.15) is 17.3 Å². The Morgan fingerprint density at radius 1 is 1.42 bits per heavy atom. The predicted molar refractivity (Wildman–Crippen MR) is 68.7 cm³/mol. The molecule has 104 valence electrons. The summed E-state index contributed by atoms with van der Waals surface area (Å²) in [5.41, 5.74) is -0.463. The molecule has 0 unspecified atom stereocenters. The van der Waals surface area contributed by atoms with E-state index in [1.54, 1.807) is 11.0 Å². The lowest BCUT2D eigenvalue weighted by atomic mass is 10.3. The first-order chi connectivity index (χ1) is 9.08. The lowest BCUT2D eigenvalue weighted by molar-refractivity contribution is -0.117. The van der Waals surface area contributed by atoms with Gasteiger partial charge in [-0.25, -0.2) is 8.78 Å². The Morgan fingerprint density at radius 3 is 2.58 bits per heavy atom. The van der Waals surface area contributed by atoms with Crippen LogP contribution in [0.2, 0.25) is 0 Å². The number of halogens is 2. The number of para-hydroxylation sites is 1. The van der Waals surface area contributed by atoms with E-state index in [4.69, 9.17) is 5.11 Å². The van der Waals surface area contributed by atoms with Gasteiger partial charge >= 0.3 is 0 Å². The van der Waals surface area contributed by atoms with Crippen LogP contribution >= 0.6 is 0 Å². The second kappa shape index (κ2) is 7.60. The fraction of sp³-hybridized carbons (Fsp3) is 0.308. The SMILES string of the molecule is C=CCN(CCO)CC(=O)Nc1c(F)cccc1F. The molecule has 1 aromatic rings. The molecule has 0 aliphatic carbocycles. The van der Waals surface area contributed by atoms with Gasteiger partial charge in [-0.1, -0.05) is 12.1 Å². The number of hydrogen-bond acceptors (Lipinski definition) is 3. The third-order valence-corrected chi connectivity index (χ3v) is 2.40. The van der Waals surface area contributed by atoms with Crippen molar-refractivity contribution in [1.29, 1.82) is 0 Å². The van der Waals surface area contributed by atoms with Crippen molar-refractivity contribution >= 4 is 11.6 Å². The van der Waals surface area contributed by atoms with Crippen LogP contribution in [-0.4, -0.2) is 42.2 Å². The number of benzene rings is 1. The van der Waals surface area contributed by atoms with Crippen LogP contribution in [-0.2, 0) is 4.79 Å². The zero-order chi connectivity index (χ0) is 14.3. The third-order valence-electron chi connectivity index (χ3n) is 2.40. The maximum Gasteiger partial charge on any atom is 0.238 e. The largest absolute Gasteiger partial charge is 0.395 e. The first-order valence-corrected chi connectivity index (χ1v) is 5.76. The van der Waals surface area contributed by atoms with Crippen molar-refractivity contribution in [2.45, 2.75) is 0 Å². The Balaban J connectivity index is 2.66. The molecule has 1 rings (SSSR count). The normalized spacial score (nSPS) is 10.5. The number of hydrogen-bond donors (Lipinski definition) is 2. The molecule has 0 heterocycles. The third kappa shape index (κ3) is 4.76. The number of anilines is 1. The Hall–Kier alpha value is -1.79. The second-order valence-corrected chi connectivity index (χ2v) is 3.89. The number of amides is 1. The summed E-state index contributed by atoms with van der Waals surface area (Å²) in [4.78, 5) is 13.3. The van der Waals surface area contributed by atoms with Crippen LogP contribution in [0.1, 0.15) is 0 Å². The second-order valence-electron chi connectivity index (χ2n) is 3.89. The fourth-order valence-electron chi connectivity index (χ4n) is 1.56. The van der Waals surface area contributed by atoms with Gasteiger partial charge < -0.3 is 10.4 Å². The Bertz CT molecular complexity index is 432. The van der Waals surface area contributed by atoms with Gasteiger partial charge in [-0.15, -0.1) is 6.58 Å². The smallest absolute Gasteiger partial charge is 0.238 e. The molecule has 0 spiro atoms. The highest BCUT2D eigenvalue weighted by molar-refractivity contribution is 5.92. The molecule has 0 saturated carbocycles. The van der Waals surface area contributed by atoms with Crippen molar-refractivity contribution in [3.8, 4) is 0 Å². The van der Waals surface area contributed by atoms with Crippen molar-refractivity contribution in [3.63, 3.8) is 0 Å². The molecule has 0 atom stereocenters. The number of aliphatic hydroxyl groups excluding tert-OH is 1. The number of rotatable bonds is 7. The standard InChI is InChI=1S/C13H16F2N2O2/c1-2-6-17(7-8-18)9-12(19)16-13-10(14)4-3-5-11(13)15/h2-5,18H,1,6-9H2,(H,16,19). The van der Waals surface area contributed by atoms with Gasteiger partial charge in [-0.3, -0.25) is 9.69 Å². The Labute approximate surface area is 110 Å². The van der Waals surface area contributed by atoms with E-state index in [0.29, 0.717) is 6.54 Å². The highest BCUT2D eigenvalue weighted by atomic mass is 19.1. The van der Waals surface area contributed by atoms with Crippen molar-refractivity contribution in [3.05, 3.63) is 42.5 Å². The molecule has 0 bridgehead atoms. The average molecular weight is 270 g/mol. The van der Waals surface area contributed by atoms with Gasteiger partial charge in [-0.05, 0) is 12.1 Å². The van der Waals surface area contributed by atoms with Gasteiger partial charge in [-0.2, -0.15) is 0 Å². The number of carbonyl (C=O) groups is 1. The average Bonchev–Trinajstić information content (AvgIpc) is 2.35. The fourth-order valence-corrected chi connectivity index (χ4v) is 1.56. The first-order valence-electron chi connectivity index (χ1n) is 5.76. The molecule has 4 nitrogen and oxygen atoms in total. The van der Waals surface area contributed by atoms with Gasteiger partial charge in [0.25, 0.3) is 0 Å². The lowest BCUT2D eigenvalue weighted by Gasteiger charge is -2.18. The summed E-state index contributed by atoms with van der Waals surface area (Å²) in [6.07, 6.45) is 1.58. The summed E-state index contributed by atoms with van der Waals surface area (Å²) in [6.45, 7) is 4.00. The van der Waals surface area contributed by atoms with E-state index in [1.165, 1.54) is 6.07 Å². The maximum atomic E-state index is 13.3. The van der Waals surface area contributed by atoms with Crippen LogP contribution in [0.5, 0.6) is 0 Å². The zero-order valence-corrected chi connectivity index (χ0v) is 10.4. The topological polar surface area (TPSA) is 52.6 Å². The summed E-state index contributed by atoms with van der Waals surface area (Å²) < 4.78 is 26.6. The van der Waals surface area contributed by atoms with Gasteiger partial charge in [0.05, 0.1) is 13.2 Å². The Morgan fingerprint density at radius 2 is 2.05 bits per heavy atom. The number of carbonyl (C=O) groups excluding carboxylic acids is 1. The highest BCUT2D eigenvalue weighted by Crippen LogP contribution is 2.17. The highest BCUT2D eigenvalue weighted by Gasteiger charge is 2.14. The van der Waals surface area contributed by atoms with Crippen LogP contribution in [0.15, 0.2) is 30.9 Å². The molecule has 0 aliphatic rings. The van der Waals surface area contributed by atoms with E-state index in [-0.39, 0.29) is 19.7 Å². The first kappa shape index (κ1) is 15.3. The summed E-state index contributed by atoms with van der Waals surface area (Å²) in [5, 5.41) is 11.0. The molecule has 0 radical (unpaired) electrons. The minimum atomic E-state index is -0.828. The minimum absolute atomic E-state index is 0.0830. The van der Waals surface area contributed by atoms with Crippen LogP contribution in [0, 0.1) is 11.6 Å². The summed E-state index contributed by atoms with van der Waals surface area (Å²) >= 11 is 0. The minimum Gasteiger partial charge on any atom is -0.395 e. The van der Waals surface area contributed by atoms with Crippen LogP contribution in [0.3, 0.4) is 0 Å². The van der Waals surface area contributed by atoms with Crippen LogP contribution < -0.4 is 5.32 Å². The monoisotopic (exact) mass is 270 g/mol. The number of nitrogens with zero attached hydrogens (tertiary/aromatic N) is 1. The van der Waals surface area contributed by atoms with Crippen molar-refractivity contribution in [2.24, 2.45) is 0 Å². The van der Waals surface area contributed by atoms with Gasteiger partial charge in [0, 0.05) is 13.1 Å². The maximum absolute atomic E-state index is 13.3. The predicted octanol–water partition coefficient (Wildman–Crippen LogP) is 1.38. The quantitative estimate of drug-likeness (QED) is 0.736. The summed E-state index contributed by atoms with van der Waals surface area (Å²) in [5.74, 6) is -2.21. The summed E-state index contributed by atoms with van der Waals surface area (Å²) in [7, 11) is 0. The number of nitrogens with one attached hydrogen (secondary N) is 1. The molecule has 0 aromatic heterocycles. The van der Waals surface area contributed by atoms with E-state index in [2.05, 4.69) is 11.9 Å². The van der Waals surface area contributed by atoms with Crippen molar-refractivity contribution < 1.29 is 18.7 Å². The molecular weight excluding hydrogens is 254 g/mol. The molecule has 0 saturated heterocycles. The van der Waals surface area contributed by atoms with Crippen molar-refractivity contribution in [1.82, 2.24) is 4.90 Å². The van der Waals surface area contributed by atoms with Crippen molar-refractivity contribution in [2.75, 3.05) is 31.6 Å².